The summed E-state index contributed by atoms with van der Waals surface area (Å²) < 4.78 is 27.4. The number of hydrogen-bond donors (Lipinski definition) is 1. The van der Waals surface area contributed by atoms with Crippen molar-refractivity contribution in [2.24, 2.45) is 0 Å². The second kappa shape index (κ2) is 8.13. The highest BCUT2D eigenvalue weighted by molar-refractivity contribution is 7.90. The van der Waals surface area contributed by atoms with Crippen LogP contribution < -0.4 is 9.62 Å². The van der Waals surface area contributed by atoms with Crippen molar-refractivity contribution in [3.05, 3.63) is 66.2 Å². The minimum atomic E-state index is -3.78. The number of amides is 1. The Kier molecular flexibility index (Phi) is 6.17. The standard InChI is InChI=1S/C18H23N3O3S/c1-15(16-10-6-4-7-11-16)19-18(22)14-21(25(23,24)20(2)3)17-12-8-5-9-13-17/h4-13,15H,14H2,1-3H3,(H,19,22). The zero-order valence-electron chi connectivity index (χ0n) is 14.6. The Morgan fingerprint density at radius 3 is 2.04 bits per heavy atom. The monoisotopic (exact) mass is 361 g/mol. The Labute approximate surface area is 149 Å². The summed E-state index contributed by atoms with van der Waals surface area (Å²) >= 11 is 0. The smallest absolute Gasteiger partial charge is 0.304 e. The Hall–Kier alpha value is -2.38. The zero-order valence-corrected chi connectivity index (χ0v) is 15.4. The summed E-state index contributed by atoms with van der Waals surface area (Å²) in [5.41, 5.74) is 1.40. The van der Waals surface area contributed by atoms with E-state index in [-0.39, 0.29) is 18.5 Å². The van der Waals surface area contributed by atoms with E-state index in [0.29, 0.717) is 5.69 Å². The quantitative estimate of drug-likeness (QED) is 0.822. The van der Waals surface area contributed by atoms with Crippen LogP contribution >= 0.6 is 0 Å². The molecule has 6 nitrogen and oxygen atoms in total. The van der Waals surface area contributed by atoms with Gasteiger partial charge in [0.15, 0.2) is 0 Å². The van der Waals surface area contributed by atoms with Crippen molar-refractivity contribution in [1.82, 2.24) is 9.62 Å². The predicted octanol–water partition coefficient (Wildman–Crippen LogP) is 2.18. The molecule has 1 amide bonds. The molecule has 0 saturated heterocycles. The lowest BCUT2D eigenvalue weighted by molar-refractivity contribution is -0.120. The molecule has 0 bridgehead atoms. The molecule has 2 rings (SSSR count). The zero-order chi connectivity index (χ0) is 18.4. The van der Waals surface area contributed by atoms with Crippen LogP contribution in [0.25, 0.3) is 0 Å². The third-order valence-corrected chi connectivity index (χ3v) is 5.57. The van der Waals surface area contributed by atoms with E-state index in [0.717, 1.165) is 14.2 Å². The molecule has 0 saturated carbocycles. The highest BCUT2D eigenvalue weighted by Gasteiger charge is 2.27. The lowest BCUT2D eigenvalue weighted by Crippen LogP contribution is -2.46. The van der Waals surface area contributed by atoms with Crippen molar-refractivity contribution >= 4 is 21.8 Å². The summed E-state index contributed by atoms with van der Waals surface area (Å²) in [4.78, 5) is 12.4. The minimum absolute atomic E-state index is 0.214. The number of anilines is 1. The van der Waals surface area contributed by atoms with E-state index in [2.05, 4.69) is 5.32 Å². The lowest BCUT2D eigenvalue weighted by Gasteiger charge is -2.27. The summed E-state index contributed by atoms with van der Waals surface area (Å²) in [6.07, 6.45) is 0. The third-order valence-electron chi connectivity index (χ3n) is 3.75. The van der Waals surface area contributed by atoms with Gasteiger partial charge in [-0.3, -0.25) is 4.79 Å². The number of nitrogens with one attached hydrogen (secondary N) is 1. The summed E-state index contributed by atoms with van der Waals surface area (Å²) in [6, 6.07) is 17.9. The van der Waals surface area contributed by atoms with Crippen molar-refractivity contribution in [3.8, 4) is 0 Å². The van der Waals surface area contributed by atoms with Gasteiger partial charge in [-0.15, -0.1) is 0 Å². The normalized spacial score (nSPS) is 12.6. The Bertz CT molecular complexity index is 793. The van der Waals surface area contributed by atoms with E-state index in [1.165, 1.54) is 14.1 Å². The molecule has 2 aromatic carbocycles. The largest absolute Gasteiger partial charge is 0.348 e. The van der Waals surface area contributed by atoms with E-state index in [4.69, 9.17) is 0 Å². The van der Waals surface area contributed by atoms with Crippen molar-refractivity contribution < 1.29 is 13.2 Å². The number of hydrogen-bond acceptors (Lipinski definition) is 3. The first-order valence-corrected chi connectivity index (χ1v) is 9.31. The fraction of sp³-hybridized carbons (Fsp3) is 0.278. The molecule has 25 heavy (non-hydrogen) atoms. The van der Waals surface area contributed by atoms with E-state index >= 15 is 0 Å². The number of carbonyl (C=O) groups excluding carboxylic acids is 1. The van der Waals surface area contributed by atoms with E-state index in [1.54, 1.807) is 30.3 Å². The van der Waals surface area contributed by atoms with Crippen molar-refractivity contribution in [1.29, 1.82) is 0 Å². The Morgan fingerprint density at radius 2 is 1.52 bits per heavy atom. The Morgan fingerprint density at radius 1 is 1.00 bits per heavy atom. The van der Waals surface area contributed by atoms with Crippen LogP contribution in [0, 0.1) is 0 Å². The molecule has 0 aliphatic carbocycles. The molecule has 0 heterocycles. The molecule has 1 N–H and O–H groups in total. The molecule has 1 unspecified atom stereocenters. The topological polar surface area (TPSA) is 69.7 Å². The first-order chi connectivity index (χ1) is 11.8. The SMILES string of the molecule is CC(NC(=O)CN(c1ccccc1)S(=O)(=O)N(C)C)c1ccccc1. The molecule has 2 aromatic rings. The average molecular weight is 361 g/mol. The van der Waals surface area contributed by atoms with Gasteiger partial charge in [-0.1, -0.05) is 48.5 Å². The number of rotatable bonds is 7. The maximum Gasteiger partial charge on any atom is 0.304 e. The second-order valence-corrected chi connectivity index (χ2v) is 7.90. The van der Waals surface area contributed by atoms with Crippen molar-refractivity contribution in [2.75, 3.05) is 24.9 Å². The molecule has 0 aromatic heterocycles. The molecule has 0 spiro atoms. The fourth-order valence-corrected chi connectivity index (χ4v) is 3.40. The van der Waals surface area contributed by atoms with Crippen LogP contribution in [0.5, 0.6) is 0 Å². The molecular weight excluding hydrogens is 338 g/mol. The van der Waals surface area contributed by atoms with Crippen LogP contribution in [0.2, 0.25) is 0 Å². The van der Waals surface area contributed by atoms with Crippen molar-refractivity contribution in [3.63, 3.8) is 0 Å². The molecular formula is C18H23N3O3S. The van der Waals surface area contributed by atoms with Crippen LogP contribution in [-0.2, 0) is 15.0 Å². The van der Waals surface area contributed by atoms with Crippen LogP contribution in [0.15, 0.2) is 60.7 Å². The van der Waals surface area contributed by atoms with Crippen LogP contribution in [0.1, 0.15) is 18.5 Å². The molecule has 0 fully saturated rings. The number of para-hydroxylation sites is 1. The van der Waals surface area contributed by atoms with Gasteiger partial charge in [0, 0.05) is 14.1 Å². The highest BCUT2D eigenvalue weighted by atomic mass is 32.2. The average Bonchev–Trinajstić information content (AvgIpc) is 2.61. The van der Waals surface area contributed by atoms with Gasteiger partial charge in [0.25, 0.3) is 0 Å². The maximum atomic E-state index is 12.6. The van der Waals surface area contributed by atoms with Crippen LogP contribution in [0.4, 0.5) is 5.69 Å². The van der Waals surface area contributed by atoms with Crippen molar-refractivity contribution in [2.45, 2.75) is 13.0 Å². The summed E-state index contributed by atoms with van der Waals surface area (Å²) in [6.45, 7) is 1.57. The molecule has 0 aliphatic heterocycles. The van der Waals surface area contributed by atoms with Gasteiger partial charge in [-0.05, 0) is 24.6 Å². The molecule has 0 aliphatic rings. The van der Waals surface area contributed by atoms with Gasteiger partial charge in [0.2, 0.25) is 5.91 Å². The van der Waals surface area contributed by atoms with Gasteiger partial charge < -0.3 is 5.32 Å². The first-order valence-electron chi connectivity index (χ1n) is 7.92. The third kappa shape index (κ3) is 4.80. The predicted molar refractivity (Wildman–Crippen MR) is 99.4 cm³/mol. The summed E-state index contributed by atoms with van der Waals surface area (Å²) in [7, 11) is -0.901. The highest BCUT2D eigenvalue weighted by Crippen LogP contribution is 2.19. The van der Waals surface area contributed by atoms with Gasteiger partial charge in [0.05, 0.1) is 11.7 Å². The number of nitrogens with zero attached hydrogens (tertiary/aromatic N) is 2. The van der Waals surface area contributed by atoms with Crippen LogP contribution in [-0.4, -0.2) is 39.3 Å². The molecule has 0 radical (unpaired) electrons. The van der Waals surface area contributed by atoms with Gasteiger partial charge in [-0.25, -0.2) is 4.31 Å². The first kappa shape index (κ1) is 19.0. The molecule has 7 heteroatoms. The van der Waals surface area contributed by atoms with E-state index in [9.17, 15) is 13.2 Å². The number of benzene rings is 2. The minimum Gasteiger partial charge on any atom is -0.348 e. The molecule has 134 valence electrons. The summed E-state index contributed by atoms with van der Waals surface area (Å²) in [5.74, 6) is -0.370. The fourth-order valence-electron chi connectivity index (χ4n) is 2.34. The lowest BCUT2D eigenvalue weighted by atomic mass is 10.1. The van der Waals surface area contributed by atoms with Gasteiger partial charge in [-0.2, -0.15) is 12.7 Å². The van der Waals surface area contributed by atoms with E-state index in [1.807, 2.05) is 37.3 Å². The molecule has 1 atom stereocenters. The van der Waals surface area contributed by atoms with Crippen LogP contribution in [0.3, 0.4) is 0 Å². The van der Waals surface area contributed by atoms with Gasteiger partial charge >= 0.3 is 10.2 Å². The summed E-state index contributed by atoms with van der Waals surface area (Å²) in [5, 5.41) is 2.84. The Balaban J connectivity index is 2.18. The second-order valence-electron chi connectivity index (χ2n) is 5.83. The van der Waals surface area contributed by atoms with Gasteiger partial charge in [0.1, 0.15) is 6.54 Å². The number of carbonyl (C=O) groups is 1. The van der Waals surface area contributed by atoms with E-state index < -0.39 is 10.2 Å². The maximum absolute atomic E-state index is 12.6.